The predicted molar refractivity (Wildman–Crippen MR) is 139 cm³/mol. The molecule has 8 heteroatoms. The monoisotopic (exact) mass is 508 g/mol. The normalized spacial score (nSPS) is 18.0. The largest absolute Gasteiger partial charge is 0.508 e. The Bertz CT molecular complexity index is 1260. The number of aliphatic carboxylic acids is 1. The van der Waals surface area contributed by atoms with E-state index in [1.54, 1.807) is 31.2 Å². The van der Waals surface area contributed by atoms with Gasteiger partial charge < -0.3 is 20.3 Å². The third-order valence-electron chi connectivity index (χ3n) is 6.59. The minimum absolute atomic E-state index is 0.0473. The number of hydrogen-bond acceptors (Lipinski definition) is 5. The fourth-order valence-electron chi connectivity index (χ4n) is 4.78. The number of halogens is 1. The van der Waals surface area contributed by atoms with E-state index in [-0.39, 0.29) is 21.9 Å². The van der Waals surface area contributed by atoms with Crippen molar-refractivity contribution in [3.8, 4) is 17.2 Å². The van der Waals surface area contributed by atoms with E-state index in [9.17, 15) is 14.7 Å². The highest BCUT2D eigenvalue weighted by Crippen LogP contribution is 2.38. The van der Waals surface area contributed by atoms with E-state index >= 15 is 0 Å². The summed E-state index contributed by atoms with van der Waals surface area (Å²) in [6.45, 7) is 6.45. The van der Waals surface area contributed by atoms with Gasteiger partial charge in [-0.1, -0.05) is 48.9 Å². The Morgan fingerprint density at radius 2 is 1.89 bits per heavy atom. The van der Waals surface area contributed by atoms with Crippen LogP contribution in [0.2, 0.25) is 5.02 Å². The SMILES string of the molecule is Cc1cc(NC(=O)C(=O)O)cc(Cl)c1Oc1ccc(O)c(CN2CCCC(C)(c3ccccc3)C2)c1. The minimum atomic E-state index is -1.58. The van der Waals surface area contributed by atoms with Crippen molar-refractivity contribution in [2.24, 2.45) is 0 Å². The van der Waals surface area contributed by atoms with Crippen LogP contribution < -0.4 is 10.1 Å². The van der Waals surface area contributed by atoms with E-state index in [2.05, 4.69) is 41.4 Å². The summed E-state index contributed by atoms with van der Waals surface area (Å²) in [5.41, 5.74) is 3.00. The summed E-state index contributed by atoms with van der Waals surface area (Å²) >= 11 is 6.38. The van der Waals surface area contributed by atoms with Gasteiger partial charge in [-0.15, -0.1) is 0 Å². The van der Waals surface area contributed by atoms with Gasteiger partial charge in [0.2, 0.25) is 0 Å². The maximum atomic E-state index is 11.5. The molecule has 1 heterocycles. The first-order chi connectivity index (χ1) is 17.1. The van der Waals surface area contributed by atoms with Gasteiger partial charge in [0.05, 0.1) is 5.02 Å². The van der Waals surface area contributed by atoms with Crippen LogP contribution in [0.15, 0.2) is 60.7 Å². The van der Waals surface area contributed by atoms with Crippen molar-refractivity contribution in [3.63, 3.8) is 0 Å². The second-order valence-corrected chi connectivity index (χ2v) is 9.90. The highest BCUT2D eigenvalue weighted by Gasteiger charge is 2.32. The number of aryl methyl sites for hydroxylation is 1. The van der Waals surface area contributed by atoms with Gasteiger partial charge in [-0.25, -0.2) is 4.79 Å². The van der Waals surface area contributed by atoms with E-state index in [1.807, 2.05) is 6.07 Å². The number of anilines is 1. The van der Waals surface area contributed by atoms with Crippen LogP contribution in [-0.4, -0.2) is 40.1 Å². The average Bonchev–Trinajstić information content (AvgIpc) is 2.84. The molecule has 188 valence electrons. The summed E-state index contributed by atoms with van der Waals surface area (Å²) in [6.07, 6.45) is 2.19. The van der Waals surface area contributed by atoms with Crippen molar-refractivity contribution in [1.29, 1.82) is 0 Å². The number of aromatic hydroxyl groups is 1. The predicted octanol–water partition coefficient (Wildman–Crippen LogP) is 5.72. The Balaban J connectivity index is 1.50. The first-order valence-electron chi connectivity index (χ1n) is 11.8. The molecular weight excluding hydrogens is 480 g/mol. The molecule has 1 fully saturated rings. The highest BCUT2D eigenvalue weighted by molar-refractivity contribution is 6.37. The molecule has 0 bridgehead atoms. The Labute approximate surface area is 215 Å². The van der Waals surface area contributed by atoms with Crippen molar-refractivity contribution in [2.75, 3.05) is 18.4 Å². The summed E-state index contributed by atoms with van der Waals surface area (Å²) in [5.74, 6) is -1.64. The Kier molecular flexibility index (Phi) is 7.52. The number of carboxylic acid groups (broad SMARTS) is 1. The number of ether oxygens (including phenoxy) is 1. The number of likely N-dealkylation sites (tertiary alicyclic amines) is 1. The molecule has 0 aromatic heterocycles. The number of phenolic OH excluding ortho intramolecular Hbond substituents is 1. The standard InChI is InChI=1S/C28H29ClN2O5/c1-18-13-21(30-26(33)27(34)35)15-23(29)25(18)36-22-9-10-24(32)19(14-22)16-31-12-6-11-28(2,17-31)20-7-4-3-5-8-20/h3-5,7-10,13-15,32H,6,11-12,16-17H2,1-2H3,(H,30,33)(H,34,35). The molecule has 1 amide bonds. The molecule has 1 aliphatic rings. The maximum Gasteiger partial charge on any atom is 0.394 e. The van der Waals surface area contributed by atoms with Crippen molar-refractivity contribution in [2.45, 2.75) is 38.6 Å². The number of hydrogen-bond donors (Lipinski definition) is 3. The van der Waals surface area contributed by atoms with Crippen LogP contribution in [0.5, 0.6) is 17.2 Å². The Morgan fingerprint density at radius 1 is 1.14 bits per heavy atom. The van der Waals surface area contributed by atoms with Crippen LogP contribution in [0.4, 0.5) is 5.69 Å². The van der Waals surface area contributed by atoms with Crippen LogP contribution in [0.3, 0.4) is 0 Å². The van der Waals surface area contributed by atoms with Gasteiger partial charge in [-0.05, 0) is 67.8 Å². The number of carbonyl (C=O) groups is 2. The molecule has 0 spiro atoms. The lowest BCUT2D eigenvalue weighted by atomic mass is 9.76. The summed E-state index contributed by atoms with van der Waals surface area (Å²) < 4.78 is 6.05. The molecule has 3 aromatic rings. The molecule has 3 aromatic carbocycles. The number of carbonyl (C=O) groups excluding carboxylic acids is 1. The van der Waals surface area contributed by atoms with Crippen molar-refractivity contribution in [3.05, 3.63) is 82.4 Å². The summed E-state index contributed by atoms with van der Waals surface area (Å²) in [5, 5.41) is 21.8. The third kappa shape index (κ3) is 5.80. The minimum Gasteiger partial charge on any atom is -0.508 e. The molecule has 1 aliphatic heterocycles. The van der Waals surface area contributed by atoms with E-state index < -0.39 is 11.9 Å². The van der Waals surface area contributed by atoms with Gasteiger partial charge in [0, 0.05) is 29.8 Å². The quantitative estimate of drug-likeness (QED) is 0.368. The smallest absolute Gasteiger partial charge is 0.394 e. The molecule has 0 saturated carbocycles. The number of nitrogens with zero attached hydrogens (tertiary/aromatic N) is 1. The molecule has 1 saturated heterocycles. The number of rotatable bonds is 6. The molecule has 0 aliphatic carbocycles. The molecule has 7 nitrogen and oxygen atoms in total. The van der Waals surface area contributed by atoms with Gasteiger partial charge in [-0.3, -0.25) is 9.69 Å². The first-order valence-corrected chi connectivity index (χ1v) is 12.1. The van der Waals surface area contributed by atoms with E-state index in [0.717, 1.165) is 31.5 Å². The van der Waals surface area contributed by atoms with Crippen molar-refractivity contribution < 1.29 is 24.5 Å². The summed E-state index contributed by atoms with van der Waals surface area (Å²) in [6, 6.07) is 18.6. The molecule has 3 N–H and O–H groups in total. The van der Waals surface area contributed by atoms with Crippen LogP contribution in [0, 0.1) is 6.92 Å². The van der Waals surface area contributed by atoms with Gasteiger partial charge >= 0.3 is 11.9 Å². The Hall–Kier alpha value is -3.55. The number of nitrogens with one attached hydrogen (secondary N) is 1. The molecule has 36 heavy (non-hydrogen) atoms. The average molecular weight is 509 g/mol. The maximum absolute atomic E-state index is 11.5. The van der Waals surface area contributed by atoms with E-state index in [1.165, 1.54) is 11.6 Å². The second kappa shape index (κ2) is 10.6. The second-order valence-electron chi connectivity index (χ2n) is 9.50. The fraction of sp³-hybridized carbons (Fsp3) is 0.286. The lowest BCUT2D eigenvalue weighted by Gasteiger charge is -2.41. The molecule has 4 rings (SSSR count). The third-order valence-corrected chi connectivity index (χ3v) is 6.87. The zero-order valence-corrected chi connectivity index (χ0v) is 21.0. The topological polar surface area (TPSA) is 99.1 Å². The van der Waals surface area contributed by atoms with Gasteiger partial charge in [0.15, 0.2) is 0 Å². The molecule has 0 radical (unpaired) electrons. The summed E-state index contributed by atoms with van der Waals surface area (Å²) in [7, 11) is 0. The Morgan fingerprint density at radius 3 is 2.58 bits per heavy atom. The lowest BCUT2D eigenvalue weighted by Crippen LogP contribution is -2.43. The number of benzene rings is 3. The van der Waals surface area contributed by atoms with Crippen LogP contribution in [0.1, 0.15) is 36.5 Å². The zero-order chi connectivity index (χ0) is 25.9. The molecular formula is C28H29ClN2O5. The van der Waals surface area contributed by atoms with Gasteiger partial charge in [0.25, 0.3) is 0 Å². The fourth-order valence-corrected chi connectivity index (χ4v) is 5.09. The van der Waals surface area contributed by atoms with Crippen LogP contribution in [-0.2, 0) is 21.5 Å². The lowest BCUT2D eigenvalue weighted by molar-refractivity contribution is -0.147. The van der Waals surface area contributed by atoms with E-state index in [4.69, 9.17) is 21.4 Å². The molecule has 1 atom stereocenters. The zero-order valence-electron chi connectivity index (χ0n) is 20.3. The van der Waals surface area contributed by atoms with Crippen LogP contribution >= 0.6 is 11.6 Å². The van der Waals surface area contributed by atoms with Crippen molar-refractivity contribution in [1.82, 2.24) is 4.90 Å². The highest BCUT2D eigenvalue weighted by atomic mass is 35.5. The van der Waals surface area contributed by atoms with Gasteiger partial charge in [0.1, 0.15) is 17.2 Å². The number of amides is 1. The molecule has 1 unspecified atom stereocenters. The van der Waals surface area contributed by atoms with Crippen LogP contribution in [0.25, 0.3) is 0 Å². The number of carboxylic acids is 1. The number of piperidine rings is 1. The van der Waals surface area contributed by atoms with Crippen molar-refractivity contribution >= 4 is 29.2 Å². The number of phenols is 1. The van der Waals surface area contributed by atoms with Gasteiger partial charge in [-0.2, -0.15) is 0 Å². The van der Waals surface area contributed by atoms with E-state index in [0.29, 0.717) is 23.6 Å². The summed E-state index contributed by atoms with van der Waals surface area (Å²) in [4.78, 5) is 24.6. The first kappa shape index (κ1) is 25.5.